The van der Waals surface area contributed by atoms with E-state index in [-0.39, 0.29) is 17.5 Å². The minimum Gasteiger partial charge on any atom is -0.463 e. The van der Waals surface area contributed by atoms with Crippen LogP contribution in [0.15, 0.2) is 106 Å². The zero-order valence-corrected chi connectivity index (χ0v) is 22.9. The predicted molar refractivity (Wildman–Crippen MR) is 150 cm³/mol. The number of ether oxygens (including phenoxy) is 1. The smallest absolute Gasteiger partial charge is 0.333 e. The molecular weight excluding hydrogens is 432 g/mol. The molecule has 3 nitrogen and oxygen atoms in total. The Morgan fingerprint density at radius 3 is 1.97 bits per heavy atom. The summed E-state index contributed by atoms with van der Waals surface area (Å²) < 4.78 is 4.96. The lowest BCUT2D eigenvalue weighted by molar-refractivity contribution is -0.138. The van der Waals surface area contributed by atoms with Gasteiger partial charge in [-0.1, -0.05) is 109 Å². The Balaban J connectivity index is 2.66. The summed E-state index contributed by atoms with van der Waals surface area (Å²) in [5.74, 6) is -0.283. The molecule has 35 heavy (non-hydrogen) atoms. The Morgan fingerprint density at radius 1 is 0.914 bits per heavy atom. The molecule has 1 aliphatic rings. The molecule has 0 spiro atoms. The van der Waals surface area contributed by atoms with Gasteiger partial charge < -0.3 is 9.84 Å². The van der Waals surface area contributed by atoms with Crippen molar-refractivity contribution in [1.82, 2.24) is 0 Å². The molecule has 190 valence electrons. The highest BCUT2D eigenvalue weighted by atomic mass is 16.5. The van der Waals surface area contributed by atoms with Crippen LogP contribution in [0.3, 0.4) is 0 Å². The molecule has 1 aliphatic carbocycles. The number of carbonyl (C=O) groups is 1. The van der Waals surface area contributed by atoms with Crippen LogP contribution in [0.1, 0.15) is 68.2 Å². The first-order valence-electron chi connectivity index (χ1n) is 12.4. The van der Waals surface area contributed by atoms with E-state index in [0.717, 1.165) is 24.0 Å². The van der Waals surface area contributed by atoms with Crippen LogP contribution in [-0.4, -0.2) is 23.8 Å². The molecule has 0 aromatic rings. The Hall–Kier alpha value is -2.91. The number of aliphatic hydroxyl groups excluding tert-OH is 1. The molecule has 0 unspecified atom stereocenters. The van der Waals surface area contributed by atoms with E-state index in [9.17, 15) is 9.90 Å². The SMILES string of the molecule is CCOC(=O)/C(C)=C/C=C/C(C)=C/C=C/C=C(C)/C=C/C=C(C)/C=C/C1=C(C)C[C@@H](O)CC1(C)C. The van der Waals surface area contributed by atoms with Crippen LogP contribution < -0.4 is 0 Å². The largest absolute Gasteiger partial charge is 0.463 e. The molecule has 0 aromatic heterocycles. The minimum atomic E-state index is -0.283. The molecule has 1 atom stereocenters. The highest BCUT2D eigenvalue weighted by molar-refractivity contribution is 5.88. The van der Waals surface area contributed by atoms with E-state index in [1.54, 1.807) is 19.9 Å². The highest BCUT2D eigenvalue weighted by Gasteiger charge is 2.31. The normalized spacial score (nSPS) is 20.8. The van der Waals surface area contributed by atoms with Gasteiger partial charge in [0, 0.05) is 5.57 Å². The molecule has 0 aromatic carbocycles. The Kier molecular flexibility index (Phi) is 13.0. The second-order valence-corrected chi connectivity index (χ2v) is 9.88. The molecular formula is C32H44O3. The lowest BCUT2D eigenvalue weighted by atomic mass is 9.71. The third-order valence-electron chi connectivity index (χ3n) is 5.84. The van der Waals surface area contributed by atoms with Crippen LogP contribution >= 0.6 is 0 Å². The average molecular weight is 477 g/mol. The molecule has 1 N–H and O–H groups in total. The van der Waals surface area contributed by atoms with Gasteiger partial charge in [0.2, 0.25) is 0 Å². The van der Waals surface area contributed by atoms with Gasteiger partial charge in [-0.25, -0.2) is 4.79 Å². The fourth-order valence-corrected chi connectivity index (χ4v) is 3.99. The van der Waals surface area contributed by atoms with Gasteiger partial charge in [-0.3, -0.25) is 0 Å². The fraction of sp³-hybridized carbons (Fsp3) is 0.406. The van der Waals surface area contributed by atoms with Crippen molar-refractivity contribution in [2.24, 2.45) is 5.41 Å². The summed E-state index contributed by atoms with van der Waals surface area (Å²) in [5, 5.41) is 10.1. The number of aliphatic hydroxyl groups is 1. The summed E-state index contributed by atoms with van der Waals surface area (Å²) in [6.07, 6.45) is 25.7. The zero-order valence-electron chi connectivity index (χ0n) is 22.9. The Morgan fingerprint density at radius 2 is 1.43 bits per heavy atom. The van der Waals surface area contributed by atoms with Gasteiger partial charge in [-0.05, 0) is 65.4 Å². The van der Waals surface area contributed by atoms with Crippen LogP contribution in [-0.2, 0) is 9.53 Å². The molecule has 0 radical (unpaired) electrons. The third kappa shape index (κ3) is 11.9. The Bertz CT molecular complexity index is 1000. The monoisotopic (exact) mass is 476 g/mol. The molecule has 0 bridgehead atoms. The van der Waals surface area contributed by atoms with E-state index < -0.39 is 0 Å². The van der Waals surface area contributed by atoms with E-state index in [4.69, 9.17) is 4.74 Å². The number of hydrogen-bond acceptors (Lipinski definition) is 3. The Labute approximate surface area is 213 Å². The van der Waals surface area contributed by atoms with Gasteiger partial charge in [0.15, 0.2) is 0 Å². The summed E-state index contributed by atoms with van der Waals surface area (Å²) in [6, 6.07) is 0. The van der Waals surface area contributed by atoms with E-state index in [1.165, 1.54) is 16.7 Å². The van der Waals surface area contributed by atoms with Gasteiger partial charge in [-0.2, -0.15) is 0 Å². The highest BCUT2D eigenvalue weighted by Crippen LogP contribution is 2.41. The second-order valence-electron chi connectivity index (χ2n) is 9.88. The predicted octanol–water partition coefficient (Wildman–Crippen LogP) is 8.06. The zero-order chi connectivity index (χ0) is 26.4. The number of rotatable bonds is 10. The van der Waals surface area contributed by atoms with E-state index in [2.05, 4.69) is 71.1 Å². The summed E-state index contributed by atoms with van der Waals surface area (Å²) in [4.78, 5) is 11.6. The quantitative estimate of drug-likeness (QED) is 0.197. The number of allylic oxidation sites excluding steroid dienone is 16. The maximum absolute atomic E-state index is 11.6. The van der Waals surface area contributed by atoms with E-state index in [0.29, 0.717) is 12.2 Å². The first-order chi connectivity index (χ1) is 16.5. The lowest BCUT2D eigenvalue weighted by Crippen LogP contribution is -2.28. The van der Waals surface area contributed by atoms with Crippen molar-refractivity contribution >= 4 is 5.97 Å². The summed E-state index contributed by atoms with van der Waals surface area (Å²) in [6.45, 7) is 16.7. The summed E-state index contributed by atoms with van der Waals surface area (Å²) in [5.41, 5.74) is 6.63. The van der Waals surface area contributed by atoms with E-state index in [1.807, 2.05) is 37.3 Å². The number of hydrogen-bond donors (Lipinski definition) is 1. The molecule has 3 heteroatoms. The maximum atomic E-state index is 11.6. The van der Waals surface area contributed by atoms with Crippen LogP contribution in [0.2, 0.25) is 0 Å². The fourth-order valence-electron chi connectivity index (χ4n) is 3.99. The van der Waals surface area contributed by atoms with Crippen LogP contribution in [0.4, 0.5) is 0 Å². The first kappa shape index (κ1) is 30.1. The maximum Gasteiger partial charge on any atom is 0.333 e. The second kappa shape index (κ2) is 15.2. The number of esters is 1. The van der Waals surface area contributed by atoms with Gasteiger partial charge in [-0.15, -0.1) is 0 Å². The van der Waals surface area contributed by atoms with Gasteiger partial charge in [0.25, 0.3) is 0 Å². The van der Waals surface area contributed by atoms with Crippen molar-refractivity contribution in [2.75, 3.05) is 6.61 Å². The summed E-state index contributed by atoms with van der Waals surface area (Å²) in [7, 11) is 0. The molecule has 0 heterocycles. The van der Waals surface area contributed by atoms with Crippen molar-refractivity contribution in [3.63, 3.8) is 0 Å². The van der Waals surface area contributed by atoms with Gasteiger partial charge in [0.05, 0.1) is 12.7 Å². The van der Waals surface area contributed by atoms with Crippen molar-refractivity contribution < 1.29 is 14.6 Å². The average Bonchev–Trinajstić information content (AvgIpc) is 2.75. The van der Waals surface area contributed by atoms with Crippen molar-refractivity contribution in [3.05, 3.63) is 106 Å². The van der Waals surface area contributed by atoms with E-state index >= 15 is 0 Å². The van der Waals surface area contributed by atoms with Crippen LogP contribution in [0, 0.1) is 5.41 Å². The van der Waals surface area contributed by atoms with Gasteiger partial charge in [0.1, 0.15) is 0 Å². The topological polar surface area (TPSA) is 46.5 Å². The van der Waals surface area contributed by atoms with Crippen molar-refractivity contribution in [3.8, 4) is 0 Å². The van der Waals surface area contributed by atoms with Gasteiger partial charge >= 0.3 is 5.97 Å². The molecule has 0 amide bonds. The summed E-state index contributed by atoms with van der Waals surface area (Å²) >= 11 is 0. The van der Waals surface area contributed by atoms with Crippen molar-refractivity contribution in [2.45, 2.75) is 74.3 Å². The standard InChI is InChI=1S/C32H44O3/c1-9-35-31(34)27(5)19-13-18-25(3)15-11-10-14-24(2)16-12-17-26(4)20-21-30-28(6)22-29(33)23-32(30,7)8/h10-21,29,33H,9,22-23H2,1-8H3/b11-10+,16-12+,18-13+,21-20+,24-14+,25-15+,26-17+,27-19+/t29-/m1/s1. The number of carbonyl (C=O) groups excluding carboxylic acids is 1. The first-order valence-corrected chi connectivity index (χ1v) is 12.4. The van der Waals surface area contributed by atoms with Crippen LogP contribution in [0.25, 0.3) is 0 Å². The molecule has 0 saturated heterocycles. The minimum absolute atomic E-state index is 0.000896. The molecule has 0 fully saturated rings. The molecule has 1 rings (SSSR count). The lowest BCUT2D eigenvalue weighted by Gasteiger charge is -2.35. The molecule has 0 saturated carbocycles. The van der Waals surface area contributed by atoms with Crippen LogP contribution in [0.5, 0.6) is 0 Å². The van der Waals surface area contributed by atoms with Crippen molar-refractivity contribution in [1.29, 1.82) is 0 Å². The third-order valence-corrected chi connectivity index (χ3v) is 5.84. The molecule has 0 aliphatic heterocycles.